The molecule has 0 atom stereocenters. The van der Waals surface area contributed by atoms with Gasteiger partial charge in [0.2, 0.25) is 0 Å². The number of halogens is 1. The largest absolute Gasteiger partial charge is 0.478 e. The van der Waals surface area contributed by atoms with Gasteiger partial charge < -0.3 is 10.4 Å². The number of carboxylic acid groups (broad SMARTS) is 1. The van der Waals surface area contributed by atoms with Crippen LogP contribution in [0.15, 0.2) is 54.6 Å². The third-order valence-corrected chi connectivity index (χ3v) is 4.71. The Morgan fingerprint density at radius 1 is 0.964 bits per heavy atom. The molecule has 0 spiro atoms. The second-order valence-electron chi connectivity index (χ2n) is 6.21. The van der Waals surface area contributed by atoms with Crippen LogP contribution < -0.4 is 5.32 Å². The second kappa shape index (κ2) is 7.70. The van der Waals surface area contributed by atoms with E-state index < -0.39 is 17.8 Å². The van der Waals surface area contributed by atoms with E-state index in [-0.39, 0.29) is 16.9 Å². The standard InChI is InChI=1S/C21H17ClN2O4/c1-12-13(2)24(20(26)14-7-4-3-5-8-14)18(17(12)21(27)28)23-19(25)15-9-6-10-16(22)11-15/h3-11H,1-2H3,(H,23,25)(H,27,28). The van der Waals surface area contributed by atoms with Gasteiger partial charge in [-0.1, -0.05) is 35.9 Å². The molecule has 0 aliphatic heterocycles. The highest BCUT2D eigenvalue weighted by Gasteiger charge is 2.28. The van der Waals surface area contributed by atoms with Crippen LogP contribution in [0.4, 0.5) is 5.82 Å². The first kappa shape index (κ1) is 19.4. The number of aromatic nitrogens is 1. The van der Waals surface area contributed by atoms with E-state index in [1.807, 2.05) is 0 Å². The minimum absolute atomic E-state index is 0.0821. The summed E-state index contributed by atoms with van der Waals surface area (Å²) in [6.45, 7) is 3.24. The summed E-state index contributed by atoms with van der Waals surface area (Å²) in [5.41, 5.74) is 1.33. The average Bonchev–Trinajstić information content (AvgIpc) is 2.92. The zero-order valence-corrected chi connectivity index (χ0v) is 15.9. The van der Waals surface area contributed by atoms with Crippen molar-refractivity contribution in [2.45, 2.75) is 13.8 Å². The number of nitrogens with one attached hydrogen (secondary N) is 1. The van der Waals surface area contributed by atoms with Crippen LogP contribution in [0.2, 0.25) is 5.02 Å². The Morgan fingerprint density at radius 3 is 2.21 bits per heavy atom. The summed E-state index contributed by atoms with van der Waals surface area (Å²) in [6.07, 6.45) is 0. The van der Waals surface area contributed by atoms with Crippen LogP contribution in [0, 0.1) is 13.8 Å². The van der Waals surface area contributed by atoms with Crippen LogP contribution in [0.5, 0.6) is 0 Å². The second-order valence-corrected chi connectivity index (χ2v) is 6.65. The first-order valence-electron chi connectivity index (χ1n) is 8.43. The SMILES string of the molecule is Cc1c(C(=O)O)c(NC(=O)c2cccc(Cl)c2)n(C(=O)c2ccccc2)c1C. The molecule has 2 N–H and O–H groups in total. The first-order valence-corrected chi connectivity index (χ1v) is 8.81. The van der Waals surface area contributed by atoms with Crippen LogP contribution in [0.3, 0.4) is 0 Å². The lowest BCUT2D eigenvalue weighted by atomic mass is 10.1. The Labute approximate surface area is 166 Å². The highest BCUT2D eigenvalue weighted by Crippen LogP contribution is 2.29. The lowest BCUT2D eigenvalue weighted by Gasteiger charge is -2.12. The Balaban J connectivity index is 2.13. The van der Waals surface area contributed by atoms with E-state index in [2.05, 4.69) is 5.32 Å². The molecule has 1 amide bonds. The molecular weight excluding hydrogens is 380 g/mol. The van der Waals surface area contributed by atoms with Gasteiger partial charge in [0.05, 0.1) is 0 Å². The number of amides is 1. The first-order chi connectivity index (χ1) is 13.3. The molecule has 0 radical (unpaired) electrons. The molecule has 0 fully saturated rings. The zero-order chi connectivity index (χ0) is 20.4. The van der Waals surface area contributed by atoms with Gasteiger partial charge in [-0.2, -0.15) is 0 Å². The van der Waals surface area contributed by atoms with E-state index in [0.29, 0.717) is 21.8 Å². The fraction of sp³-hybridized carbons (Fsp3) is 0.0952. The predicted molar refractivity (Wildman–Crippen MR) is 106 cm³/mol. The molecule has 0 aliphatic rings. The highest BCUT2D eigenvalue weighted by atomic mass is 35.5. The zero-order valence-electron chi connectivity index (χ0n) is 15.2. The van der Waals surface area contributed by atoms with Gasteiger partial charge in [-0.3, -0.25) is 14.2 Å². The van der Waals surface area contributed by atoms with Gasteiger partial charge in [0.15, 0.2) is 0 Å². The van der Waals surface area contributed by atoms with Crippen molar-refractivity contribution in [3.8, 4) is 0 Å². The third kappa shape index (κ3) is 3.54. The number of nitrogens with zero attached hydrogens (tertiary/aromatic N) is 1. The van der Waals surface area contributed by atoms with Gasteiger partial charge >= 0.3 is 5.97 Å². The molecule has 2 aromatic carbocycles. The van der Waals surface area contributed by atoms with Crippen molar-refractivity contribution in [1.29, 1.82) is 0 Å². The monoisotopic (exact) mass is 396 g/mol. The van der Waals surface area contributed by atoms with Crippen molar-refractivity contribution in [2.75, 3.05) is 5.32 Å². The lowest BCUT2D eigenvalue weighted by Crippen LogP contribution is -2.22. The number of carbonyl (C=O) groups excluding carboxylic acids is 2. The molecule has 0 unspecified atom stereocenters. The molecule has 6 nitrogen and oxygen atoms in total. The maximum Gasteiger partial charge on any atom is 0.339 e. The third-order valence-electron chi connectivity index (χ3n) is 4.47. The van der Waals surface area contributed by atoms with Gasteiger partial charge in [-0.05, 0) is 49.7 Å². The smallest absolute Gasteiger partial charge is 0.339 e. The normalized spacial score (nSPS) is 10.5. The van der Waals surface area contributed by atoms with Gasteiger partial charge in [0, 0.05) is 21.8 Å². The molecule has 3 aromatic rings. The van der Waals surface area contributed by atoms with Crippen molar-refractivity contribution in [1.82, 2.24) is 4.57 Å². The molecule has 28 heavy (non-hydrogen) atoms. The number of anilines is 1. The maximum atomic E-state index is 13.0. The van der Waals surface area contributed by atoms with Gasteiger partial charge in [0.1, 0.15) is 11.4 Å². The van der Waals surface area contributed by atoms with Gasteiger partial charge in [0.25, 0.3) is 11.8 Å². The molecule has 1 heterocycles. The Hall–Kier alpha value is -3.38. The van der Waals surface area contributed by atoms with Gasteiger partial charge in [-0.25, -0.2) is 4.79 Å². The molecular formula is C21H17ClN2O4. The minimum Gasteiger partial charge on any atom is -0.478 e. The molecule has 0 bridgehead atoms. The van der Waals surface area contributed by atoms with Crippen molar-refractivity contribution in [3.63, 3.8) is 0 Å². The van der Waals surface area contributed by atoms with Crippen molar-refractivity contribution < 1.29 is 19.5 Å². The fourth-order valence-corrected chi connectivity index (χ4v) is 3.15. The summed E-state index contributed by atoms with van der Waals surface area (Å²) in [7, 11) is 0. The summed E-state index contributed by atoms with van der Waals surface area (Å²) >= 11 is 5.93. The number of hydrogen-bond donors (Lipinski definition) is 2. The molecule has 1 aromatic heterocycles. The number of benzene rings is 2. The predicted octanol–water partition coefficient (Wildman–Crippen LogP) is 4.40. The summed E-state index contributed by atoms with van der Waals surface area (Å²) in [5.74, 6) is -2.32. The summed E-state index contributed by atoms with van der Waals surface area (Å²) in [6, 6.07) is 14.7. The Morgan fingerprint density at radius 2 is 1.61 bits per heavy atom. The number of rotatable bonds is 4. The highest BCUT2D eigenvalue weighted by molar-refractivity contribution is 6.31. The summed E-state index contributed by atoms with van der Waals surface area (Å²) in [4.78, 5) is 37.6. The van der Waals surface area contributed by atoms with E-state index in [4.69, 9.17) is 11.6 Å². The Bertz CT molecular complexity index is 1090. The van der Waals surface area contributed by atoms with E-state index in [1.54, 1.807) is 62.4 Å². The molecule has 142 valence electrons. The van der Waals surface area contributed by atoms with E-state index in [0.717, 1.165) is 0 Å². The van der Waals surface area contributed by atoms with E-state index in [9.17, 15) is 19.5 Å². The molecule has 7 heteroatoms. The summed E-state index contributed by atoms with van der Waals surface area (Å²) in [5, 5.41) is 12.6. The number of carbonyl (C=O) groups is 3. The maximum absolute atomic E-state index is 13.0. The molecule has 3 rings (SSSR count). The quantitative estimate of drug-likeness (QED) is 0.684. The number of carboxylic acids is 1. The van der Waals surface area contributed by atoms with Crippen LogP contribution in [0.25, 0.3) is 0 Å². The van der Waals surface area contributed by atoms with E-state index in [1.165, 1.54) is 10.6 Å². The van der Waals surface area contributed by atoms with Crippen LogP contribution in [-0.2, 0) is 0 Å². The lowest BCUT2D eigenvalue weighted by molar-refractivity contribution is 0.0697. The topological polar surface area (TPSA) is 88.4 Å². The molecule has 0 saturated heterocycles. The van der Waals surface area contributed by atoms with Crippen LogP contribution in [-0.4, -0.2) is 27.5 Å². The van der Waals surface area contributed by atoms with Crippen molar-refractivity contribution >= 4 is 35.2 Å². The fourth-order valence-electron chi connectivity index (χ4n) is 2.96. The summed E-state index contributed by atoms with van der Waals surface area (Å²) < 4.78 is 1.22. The number of hydrogen-bond acceptors (Lipinski definition) is 3. The van der Waals surface area contributed by atoms with Crippen molar-refractivity contribution in [3.05, 3.63) is 87.6 Å². The van der Waals surface area contributed by atoms with Crippen LogP contribution >= 0.6 is 11.6 Å². The number of aromatic carboxylic acids is 1. The average molecular weight is 397 g/mol. The molecule has 0 aliphatic carbocycles. The van der Waals surface area contributed by atoms with Crippen LogP contribution in [0.1, 0.15) is 42.3 Å². The van der Waals surface area contributed by atoms with E-state index >= 15 is 0 Å². The van der Waals surface area contributed by atoms with Crippen molar-refractivity contribution in [2.24, 2.45) is 0 Å². The Kier molecular flexibility index (Phi) is 5.33. The molecule has 0 saturated carbocycles. The minimum atomic E-state index is -1.23. The van der Waals surface area contributed by atoms with Gasteiger partial charge in [-0.15, -0.1) is 0 Å².